The van der Waals surface area contributed by atoms with Gasteiger partial charge in [-0.3, -0.25) is 0 Å². The monoisotopic (exact) mass is 227 g/mol. The Hall–Kier alpha value is -1.27. The largest absolute Gasteiger partial charge is 0.476 e. The summed E-state index contributed by atoms with van der Waals surface area (Å²) in [5.74, 6) is 5.36. The summed E-state index contributed by atoms with van der Waals surface area (Å²) in [6, 6.07) is 1.51. The highest BCUT2D eigenvalue weighted by atomic mass is 35.5. The predicted octanol–water partition coefficient (Wildman–Crippen LogP) is 2.60. The Morgan fingerprint density at radius 2 is 2.40 bits per heavy atom. The number of halogens is 2. The van der Waals surface area contributed by atoms with Gasteiger partial charge >= 0.3 is 0 Å². The maximum absolute atomic E-state index is 13.6. The van der Waals surface area contributed by atoms with E-state index in [0.717, 1.165) is 0 Å². The molecule has 2 nitrogen and oxygen atoms in total. The Bertz CT molecular complexity index is 384. The van der Waals surface area contributed by atoms with Crippen LogP contribution in [0.1, 0.15) is 18.9 Å². The molecule has 0 aliphatic heterocycles. The van der Waals surface area contributed by atoms with Crippen molar-refractivity contribution < 1.29 is 9.13 Å². The molecule has 1 aromatic rings. The van der Waals surface area contributed by atoms with Gasteiger partial charge in [-0.2, -0.15) is 4.39 Å². The minimum Gasteiger partial charge on any atom is -0.476 e. The molecule has 1 rings (SSSR count). The number of aromatic nitrogens is 1. The molecule has 0 N–H and O–H groups in total. The van der Waals surface area contributed by atoms with E-state index in [9.17, 15) is 4.39 Å². The summed E-state index contributed by atoms with van der Waals surface area (Å²) in [7, 11) is 0. The van der Waals surface area contributed by atoms with Gasteiger partial charge in [0.2, 0.25) is 5.82 Å². The van der Waals surface area contributed by atoms with Gasteiger partial charge in [-0.25, -0.2) is 4.98 Å². The zero-order valence-corrected chi connectivity index (χ0v) is 9.14. The first-order chi connectivity index (χ1) is 7.29. The molecule has 0 saturated heterocycles. The molecule has 0 aliphatic rings. The maximum atomic E-state index is 13.6. The molecule has 0 aromatic carbocycles. The van der Waals surface area contributed by atoms with Gasteiger partial charge in [-0.1, -0.05) is 11.8 Å². The molecule has 1 heterocycles. The second kappa shape index (κ2) is 6.26. The van der Waals surface area contributed by atoms with Crippen molar-refractivity contribution in [3.63, 3.8) is 0 Å². The quantitative estimate of drug-likeness (QED) is 0.585. The van der Waals surface area contributed by atoms with Crippen LogP contribution in [0.3, 0.4) is 0 Å². The van der Waals surface area contributed by atoms with Crippen LogP contribution in [0.25, 0.3) is 0 Å². The van der Waals surface area contributed by atoms with Crippen LogP contribution in [0, 0.1) is 17.7 Å². The van der Waals surface area contributed by atoms with E-state index in [1.54, 1.807) is 6.92 Å². The molecule has 0 atom stereocenters. The zero-order valence-electron chi connectivity index (χ0n) is 8.39. The third-order valence-electron chi connectivity index (χ3n) is 1.58. The van der Waals surface area contributed by atoms with Gasteiger partial charge in [-0.15, -0.1) is 11.6 Å². The summed E-state index contributed by atoms with van der Waals surface area (Å²) in [4.78, 5) is 3.77. The summed E-state index contributed by atoms with van der Waals surface area (Å²) in [5, 5.41) is 0. The molecule has 80 valence electrons. The second-order valence-corrected chi connectivity index (χ2v) is 3.03. The summed E-state index contributed by atoms with van der Waals surface area (Å²) in [6.45, 7) is 2.15. The van der Waals surface area contributed by atoms with Gasteiger partial charge < -0.3 is 4.74 Å². The third kappa shape index (κ3) is 3.41. The van der Waals surface area contributed by atoms with Gasteiger partial charge in [0, 0.05) is 18.5 Å². The Kier molecular flexibility index (Phi) is 4.92. The smallest absolute Gasteiger partial charge is 0.251 e. The van der Waals surface area contributed by atoms with Crippen LogP contribution in [0.2, 0.25) is 0 Å². The minimum absolute atomic E-state index is 0.00447. The third-order valence-corrected chi connectivity index (χ3v) is 1.77. The SMILES string of the molecule is CCOc1nccc(C#CCCCl)c1F. The summed E-state index contributed by atoms with van der Waals surface area (Å²) >= 11 is 5.46. The van der Waals surface area contributed by atoms with Crippen molar-refractivity contribution in [2.24, 2.45) is 0 Å². The first-order valence-corrected chi connectivity index (χ1v) is 5.15. The number of nitrogens with zero attached hydrogens (tertiary/aromatic N) is 1. The molecule has 4 heteroatoms. The van der Waals surface area contributed by atoms with E-state index in [4.69, 9.17) is 16.3 Å². The lowest BCUT2D eigenvalue weighted by Gasteiger charge is -2.03. The summed E-state index contributed by atoms with van der Waals surface area (Å²) in [6.07, 6.45) is 2.01. The van der Waals surface area contributed by atoms with Crippen LogP contribution in [-0.2, 0) is 0 Å². The van der Waals surface area contributed by atoms with Gasteiger partial charge in [0.1, 0.15) is 0 Å². The van der Waals surface area contributed by atoms with E-state index in [1.165, 1.54) is 12.3 Å². The number of hydrogen-bond donors (Lipinski definition) is 0. The van der Waals surface area contributed by atoms with E-state index in [-0.39, 0.29) is 5.88 Å². The van der Waals surface area contributed by atoms with Gasteiger partial charge in [0.05, 0.1) is 12.2 Å². The van der Waals surface area contributed by atoms with Gasteiger partial charge in [-0.05, 0) is 13.0 Å². The molecule has 0 unspecified atom stereocenters. The van der Waals surface area contributed by atoms with Crippen molar-refractivity contribution in [3.8, 4) is 17.7 Å². The highest BCUT2D eigenvalue weighted by Gasteiger charge is 2.07. The van der Waals surface area contributed by atoms with Crippen LogP contribution in [0.15, 0.2) is 12.3 Å². The predicted molar refractivity (Wildman–Crippen MR) is 57.6 cm³/mol. The number of pyridine rings is 1. The highest BCUT2D eigenvalue weighted by molar-refractivity contribution is 6.18. The second-order valence-electron chi connectivity index (χ2n) is 2.65. The molecular formula is C11H11ClFNO. The fraction of sp³-hybridized carbons (Fsp3) is 0.364. The van der Waals surface area contributed by atoms with E-state index in [0.29, 0.717) is 24.5 Å². The van der Waals surface area contributed by atoms with Crippen LogP contribution in [0.5, 0.6) is 5.88 Å². The Labute approximate surface area is 93.4 Å². The highest BCUT2D eigenvalue weighted by Crippen LogP contribution is 2.16. The first kappa shape index (κ1) is 11.8. The van der Waals surface area contributed by atoms with Crippen molar-refractivity contribution in [2.75, 3.05) is 12.5 Å². The molecule has 0 bridgehead atoms. The van der Waals surface area contributed by atoms with Gasteiger partial charge in [0.15, 0.2) is 0 Å². The van der Waals surface area contributed by atoms with Crippen LogP contribution < -0.4 is 4.74 Å². The summed E-state index contributed by atoms with van der Waals surface area (Å²) in [5.41, 5.74) is 0.290. The molecule has 0 spiro atoms. The summed E-state index contributed by atoms with van der Waals surface area (Å²) < 4.78 is 18.6. The normalized spacial score (nSPS) is 9.27. The minimum atomic E-state index is -0.513. The zero-order chi connectivity index (χ0) is 11.1. The van der Waals surface area contributed by atoms with Crippen LogP contribution in [-0.4, -0.2) is 17.5 Å². The fourth-order valence-electron chi connectivity index (χ4n) is 0.963. The lowest BCUT2D eigenvalue weighted by molar-refractivity contribution is 0.307. The van der Waals surface area contributed by atoms with Crippen molar-refractivity contribution >= 4 is 11.6 Å². The molecule has 0 fully saturated rings. The van der Waals surface area contributed by atoms with Crippen molar-refractivity contribution in [1.29, 1.82) is 0 Å². The fourth-order valence-corrected chi connectivity index (χ4v) is 1.06. The molecule has 15 heavy (non-hydrogen) atoms. The number of alkyl halides is 1. The molecule has 0 aliphatic carbocycles. The lowest BCUT2D eigenvalue weighted by atomic mass is 10.2. The molecule has 0 amide bonds. The number of rotatable bonds is 3. The molecule has 0 saturated carbocycles. The van der Waals surface area contributed by atoms with Crippen molar-refractivity contribution in [3.05, 3.63) is 23.6 Å². The Morgan fingerprint density at radius 3 is 3.07 bits per heavy atom. The van der Waals surface area contributed by atoms with E-state index in [1.807, 2.05) is 0 Å². The Balaban J connectivity index is 2.90. The van der Waals surface area contributed by atoms with Crippen LogP contribution >= 0.6 is 11.6 Å². The topological polar surface area (TPSA) is 22.1 Å². The average Bonchev–Trinajstić information content (AvgIpc) is 2.24. The van der Waals surface area contributed by atoms with E-state index >= 15 is 0 Å². The number of hydrogen-bond acceptors (Lipinski definition) is 2. The molecular weight excluding hydrogens is 217 g/mol. The molecule has 1 aromatic heterocycles. The maximum Gasteiger partial charge on any atom is 0.251 e. The van der Waals surface area contributed by atoms with Crippen molar-refractivity contribution in [2.45, 2.75) is 13.3 Å². The average molecular weight is 228 g/mol. The standard InChI is InChI=1S/C11H11ClFNO/c1-2-15-11-10(13)9(6-8-14-11)5-3-4-7-12/h6,8H,2,4,7H2,1H3. The Morgan fingerprint density at radius 1 is 1.60 bits per heavy atom. The number of ether oxygens (including phenoxy) is 1. The van der Waals surface area contributed by atoms with E-state index in [2.05, 4.69) is 16.8 Å². The lowest BCUT2D eigenvalue weighted by Crippen LogP contribution is -1.99. The van der Waals surface area contributed by atoms with Gasteiger partial charge in [0.25, 0.3) is 5.88 Å². The van der Waals surface area contributed by atoms with E-state index < -0.39 is 5.82 Å². The van der Waals surface area contributed by atoms with Crippen LogP contribution in [0.4, 0.5) is 4.39 Å². The van der Waals surface area contributed by atoms with Crippen molar-refractivity contribution in [1.82, 2.24) is 4.98 Å². The molecule has 0 radical (unpaired) electrons. The first-order valence-electron chi connectivity index (χ1n) is 4.61.